The number of aromatic nitrogens is 1. The van der Waals surface area contributed by atoms with Crippen LogP contribution < -0.4 is 15.0 Å². The molecule has 1 aromatic heterocycles. The van der Waals surface area contributed by atoms with Gasteiger partial charge in [0.2, 0.25) is 0 Å². The molecule has 0 saturated carbocycles. The molecule has 7 heteroatoms. The first-order valence-electron chi connectivity index (χ1n) is 16.7. The van der Waals surface area contributed by atoms with Crippen LogP contribution in [-0.2, 0) is 6.42 Å². The van der Waals surface area contributed by atoms with Gasteiger partial charge in [-0.25, -0.2) is 4.98 Å². The number of allylic oxidation sites excluding steroid dienone is 3. The molecule has 6 nitrogen and oxygen atoms in total. The van der Waals surface area contributed by atoms with Crippen LogP contribution in [0.25, 0.3) is 21.8 Å². The number of para-hydroxylation sites is 1. The van der Waals surface area contributed by atoms with Gasteiger partial charge in [-0.3, -0.25) is 4.90 Å². The molecular weight excluding hydrogens is 590 g/mol. The Morgan fingerprint density at radius 2 is 1.83 bits per heavy atom. The number of benzene rings is 3. The summed E-state index contributed by atoms with van der Waals surface area (Å²) < 4.78 is 5.54. The number of methoxy groups -OCH3 is 1. The normalized spacial score (nSPS) is 19.1. The van der Waals surface area contributed by atoms with Crippen LogP contribution in [0.4, 0.5) is 11.4 Å². The third-order valence-electron chi connectivity index (χ3n) is 9.94. The van der Waals surface area contributed by atoms with Crippen LogP contribution in [0.3, 0.4) is 0 Å². The second kappa shape index (κ2) is 13.9. The maximum absolute atomic E-state index is 6.33. The van der Waals surface area contributed by atoms with E-state index < -0.39 is 0 Å². The average Bonchev–Trinajstić information content (AvgIpc) is 3.25. The summed E-state index contributed by atoms with van der Waals surface area (Å²) in [6.07, 6.45) is 14.7. The number of halogens is 1. The summed E-state index contributed by atoms with van der Waals surface area (Å²) in [5, 5.41) is 6.63. The molecule has 46 heavy (non-hydrogen) atoms. The second-order valence-electron chi connectivity index (χ2n) is 12.7. The van der Waals surface area contributed by atoms with Gasteiger partial charge in [0.25, 0.3) is 0 Å². The van der Waals surface area contributed by atoms with E-state index in [4.69, 9.17) is 21.3 Å². The van der Waals surface area contributed by atoms with Crippen LogP contribution in [0.5, 0.6) is 5.75 Å². The molecule has 0 bridgehead atoms. The number of hydrogen-bond acceptors (Lipinski definition) is 6. The minimum absolute atomic E-state index is 0.336. The fourth-order valence-corrected chi connectivity index (χ4v) is 7.48. The molecule has 1 saturated heterocycles. The van der Waals surface area contributed by atoms with E-state index in [9.17, 15) is 0 Å². The number of piperazine rings is 1. The summed E-state index contributed by atoms with van der Waals surface area (Å²) in [6, 6.07) is 21.8. The van der Waals surface area contributed by atoms with E-state index in [1.807, 2.05) is 24.3 Å². The van der Waals surface area contributed by atoms with Crippen molar-refractivity contribution in [1.29, 1.82) is 0 Å². The van der Waals surface area contributed by atoms with Crippen molar-refractivity contribution in [2.45, 2.75) is 38.3 Å². The average molecular weight is 634 g/mol. The molecule has 1 aliphatic carbocycles. The zero-order valence-corrected chi connectivity index (χ0v) is 27.7. The molecule has 2 unspecified atom stereocenters. The molecule has 3 aliphatic rings. The Balaban J connectivity index is 0.926. The molecule has 1 N–H and O–H groups in total. The number of ether oxygens (including phenoxy) is 1. The van der Waals surface area contributed by atoms with Gasteiger partial charge in [0, 0.05) is 66.8 Å². The molecule has 1 fully saturated rings. The molecule has 0 spiro atoms. The number of nitrogens with zero attached hydrogens (tertiary/aromatic N) is 4. The Morgan fingerprint density at radius 3 is 2.70 bits per heavy atom. The number of rotatable bonds is 10. The van der Waals surface area contributed by atoms with Gasteiger partial charge < -0.3 is 19.9 Å². The Bertz CT molecular complexity index is 1790. The van der Waals surface area contributed by atoms with Crippen molar-refractivity contribution in [3.05, 3.63) is 107 Å². The predicted octanol–water partition coefficient (Wildman–Crippen LogP) is 7.73. The smallest absolute Gasteiger partial charge is 0.119 e. The van der Waals surface area contributed by atoms with Crippen molar-refractivity contribution in [3.8, 4) is 5.75 Å². The number of anilines is 2. The molecule has 0 amide bonds. The Kier molecular flexibility index (Phi) is 9.29. The van der Waals surface area contributed by atoms with Crippen molar-refractivity contribution in [2.75, 3.05) is 63.1 Å². The van der Waals surface area contributed by atoms with Crippen LogP contribution in [0.15, 0.2) is 96.6 Å². The number of pyridine rings is 1. The van der Waals surface area contributed by atoms with Crippen molar-refractivity contribution >= 4 is 44.8 Å². The summed E-state index contributed by atoms with van der Waals surface area (Å²) in [7, 11) is 1.71. The molecule has 3 heterocycles. The number of fused-ring (bicyclic) bond motifs is 4. The van der Waals surface area contributed by atoms with Crippen LogP contribution >= 0.6 is 11.6 Å². The predicted molar refractivity (Wildman–Crippen MR) is 194 cm³/mol. The van der Waals surface area contributed by atoms with Gasteiger partial charge >= 0.3 is 0 Å². The lowest BCUT2D eigenvalue weighted by Gasteiger charge is -2.39. The second-order valence-corrected chi connectivity index (χ2v) is 13.2. The highest BCUT2D eigenvalue weighted by molar-refractivity contribution is 6.31. The minimum Gasteiger partial charge on any atom is -0.497 e. The lowest BCUT2D eigenvalue weighted by atomic mass is 10.00. The Morgan fingerprint density at radius 1 is 0.957 bits per heavy atom. The van der Waals surface area contributed by atoms with Gasteiger partial charge in [-0.15, -0.1) is 0 Å². The number of hydrogen-bond donors (Lipinski definition) is 1. The summed E-state index contributed by atoms with van der Waals surface area (Å²) in [4.78, 5) is 12.8. The van der Waals surface area contributed by atoms with E-state index in [1.165, 1.54) is 23.2 Å². The standard InChI is InChI=1S/C39H44ClN5O/c1-28(18-19-41-39-33-16-14-31(40)26-36(33)42-35-17-15-32(46-2)27-34(35)39)44-24-22-43(23-25-44)20-7-21-45-37-10-5-3-8-29(37)12-13-30-9-4-6-11-38(30)45/h3-6,8-12,14-17,26-28,37H,7,13,18-25H2,1-2H3,(H,41,42). The van der Waals surface area contributed by atoms with Gasteiger partial charge in [0.1, 0.15) is 5.75 Å². The van der Waals surface area contributed by atoms with Gasteiger partial charge in [-0.1, -0.05) is 60.2 Å². The third-order valence-corrected chi connectivity index (χ3v) is 10.2. The highest BCUT2D eigenvalue weighted by Gasteiger charge is 2.26. The monoisotopic (exact) mass is 633 g/mol. The summed E-state index contributed by atoms with van der Waals surface area (Å²) >= 11 is 6.33. The van der Waals surface area contributed by atoms with Crippen LogP contribution in [0.1, 0.15) is 25.3 Å². The molecule has 2 atom stereocenters. The van der Waals surface area contributed by atoms with E-state index in [1.54, 1.807) is 7.11 Å². The topological polar surface area (TPSA) is 43.9 Å². The van der Waals surface area contributed by atoms with Crippen molar-refractivity contribution < 1.29 is 4.74 Å². The van der Waals surface area contributed by atoms with Crippen molar-refractivity contribution in [3.63, 3.8) is 0 Å². The van der Waals surface area contributed by atoms with Crippen LogP contribution in [0.2, 0.25) is 5.02 Å². The van der Waals surface area contributed by atoms with Crippen LogP contribution in [-0.4, -0.2) is 79.8 Å². The van der Waals surface area contributed by atoms with Gasteiger partial charge in [0.05, 0.1) is 29.9 Å². The maximum Gasteiger partial charge on any atom is 0.119 e. The first kappa shape index (κ1) is 30.8. The summed E-state index contributed by atoms with van der Waals surface area (Å²) in [6.45, 7) is 9.96. The zero-order valence-electron chi connectivity index (χ0n) is 27.0. The highest BCUT2D eigenvalue weighted by Crippen LogP contribution is 2.35. The fourth-order valence-electron chi connectivity index (χ4n) is 7.31. The van der Waals surface area contributed by atoms with Crippen molar-refractivity contribution in [1.82, 2.24) is 14.8 Å². The quantitative estimate of drug-likeness (QED) is 0.180. The van der Waals surface area contributed by atoms with Crippen LogP contribution in [0, 0.1) is 0 Å². The lowest BCUT2D eigenvalue weighted by molar-refractivity contribution is 0.0996. The third kappa shape index (κ3) is 6.52. The van der Waals surface area contributed by atoms with Gasteiger partial charge in [-0.05, 0) is 86.3 Å². The van der Waals surface area contributed by atoms with E-state index in [2.05, 4.69) is 93.7 Å². The maximum atomic E-state index is 6.33. The molecule has 3 aromatic carbocycles. The fraction of sp³-hybridized carbons (Fsp3) is 0.359. The molecular formula is C39H44ClN5O. The number of nitrogens with one attached hydrogen (secondary N) is 1. The lowest BCUT2D eigenvalue weighted by Crippen LogP contribution is -2.50. The van der Waals surface area contributed by atoms with E-state index >= 15 is 0 Å². The SMILES string of the molecule is COc1ccc2nc3cc(Cl)ccc3c(NCCC(C)N3CCN(CCCN4c5ccccc5CC=C5C=CC=CC54)CC3)c2c1. The zero-order chi connectivity index (χ0) is 31.5. The van der Waals surface area contributed by atoms with E-state index in [0.29, 0.717) is 17.1 Å². The molecule has 4 aromatic rings. The van der Waals surface area contributed by atoms with E-state index in [0.717, 1.165) is 91.9 Å². The Labute approximate surface area is 278 Å². The van der Waals surface area contributed by atoms with Gasteiger partial charge in [-0.2, -0.15) is 0 Å². The summed E-state index contributed by atoms with van der Waals surface area (Å²) in [5.74, 6) is 0.831. The Hall–Kier alpha value is -3.84. The van der Waals surface area contributed by atoms with E-state index in [-0.39, 0.29) is 0 Å². The largest absolute Gasteiger partial charge is 0.497 e. The molecule has 7 rings (SSSR count). The first-order chi connectivity index (χ1) is 22.6. The summed E-state index contributed by atoms with van der Waals surface area (Å²) in [5.41, 5.74) is 7.18. The minimum atomic E-state index is 0.336. The first-order valence-corrected chi connectivity index (χ1v) is 17.1. The van der Waals surface area contributed by atoms with Crippen molar-refractivity contribution in [2.24, 2.45) is 0 Å². The van der Waals surface area contributed by atoms with Gasteiger partial charge in [0.15, 0.2) is 0 Å². The highest BCUT2D eigenvalue weighted by atomic mass is 35.5. The molecule has 0 radical (unpaired) electrons. The molecule has 2 aliphatic heterocycles. The molecule has 238 valence electrons.